The summed E-state index contributed by atoms with van der Waals surface area (Å²) in [6.45, 7) is 0. The summed E-state index contributed by atoms with van der Waals surface area (Å²) in [5, 5.41) is 7.43. The lowest BCUT2D eigenvalue weighted by Crippen LogP contribution is -2.38. The van der Waals surface area contributed by atoms with Crippen molar-refractivity contribution in [3.63, 3.8) is 0 Å². The van der Waals surface area contributed by atoms with Crippen molar-refractivity contribution in [2.45, 2.75) is 5.54 Å². The van der Waals surface area contributed by atoms with Crippen LogP contribution in [0.25, 0.3) is 38.8 Å². The van der Waals surface area contributed by atoms with Gasteiger partial charge in [0.15, 0.2) is 0 Å². The van der Waals surface area contributed by atoms with E-state index < -0.39 is 5.54 Å². The molecule has 0 aliphatic carbocycles. The van der Waals surface area contributed by atoms with Crippen LogP contribution in [0.3, 0.4) is 0 Å². The van der Waals surface area contributed by atoms with Gasteiger partial charge in [-0.1, -0.05) is 78.9 Å². The smallest absolute Gasteiger partial charge is 0.146 e. The summed E-state index contributed by atoms with van der Waals surface area (Å²) in [5.74, 6) is 1.72. The van der Waals surface area contributed by atoms with Crippen LogP contribution in [-0.2, 0) is 5.54 Å². The van der Waals surface area contributed by atoms with Crippen LogP contribution < -0.4 is 4.74 Å². The summed E-state index contributed by atoms with van der Waals surface area (Å²) < 4.78 is 11.1. The SMILES string of the molecule is c1ccc2c(c1)Oc1ccc(-n3c4ccccc4c4ccccc43)cc1C21c2ccccc2-c2ccnn21. The Balaban J connectivity index is 1.42. The first kappa shape index (κ1) is 20.0. The third kappa shape index (κ3) is 2.29. The van der Waals surface area contributed by atoms with E-state index in [0.29, 0.717) is 0 Å². The first-order chi connectivity index (χ1) is 18.9. The molecule has 0 saturated carbocycles. The molecule has 4 nitrogen and oxygen atoms in total. The van der Waals surface area contributed by atoms with Gasteiger partial charge in [0.2, 0.25) is 0 Å². The molecule has 38 heavy (non-hydrogen) atoms. The summed E-state index contributed by atoms with van der Waals surface area (Å²) in [7, 11) is 0. The lowest BCUT2D eigenvalue weighted by atomic mass is 9.75. The van der Waals surface area contributed by atoms with Crippen molar-refractivity contribution in [1.29, 1.82) is 0 Å². The Morgan fingerprint density at radius 2 is 1.24 bits per heavy atom. The highest BCUT2D eigenvalue weighted by Gasteiger charge is 2.52. The Morgan fingerprint density at radius 1 is 0.579 bits per heavy atom. The predicted molar refractivity (Wildman–Crippen MR) is 150 cm³/mol. The van der Waals surface area contributed by atoms with Crippen LogP contribution in [0.1, 0.15) is 16.7 Å². The molecule has 7 aromatic rings. The molecule has 1 atom stereocenters. The third-order valence-corrected chi connectivity index (χ3v) is 8.24. The van der Waals surface area contributed by atoms with Gasteiger partial charge in [0, 0.05) is 39.3 Å². The van der Waals surface area contributed by atoms with Crippen molar-refractivity contribution >= 4 is 21.8 Å². The van der Waals surface area contributed by atoms with Gasteiger partial charge in [0.25, 0.3) is 0 Å². The summed E-state index contributed by atoms with van der Waals surface area (Å²) >= 11 is 0. The van der Waals surface area contributed by atoms with Crippen molar-refractivity contribution in [2.24, 2.45) is 0 Å². The van der Waals surface area contributed by atoms with E-state index in [1.165, 1.54) is 32.9 Å². The number of benzene rings is 5. The Labute approximate surface area is 219 Å². The fraction of sp³-hybridized carbons (Fsp3) is 0.0294. The van der Waals surface area contributed by atoms with Gasteiger partial charge in [-0.2, -0.15) is 5.10 Å². The van der Waals surface area contributed by atoms with Gasteiger partial charge in [-0.25, -0.2) is 4.68 Å². The van der Waals surface area contributed by atoms with Crippen LogP contribution >= 0.6 is 0 Å². The molecule has 9 rings (SSSR count). The molecule has 2 aliphatic rings. The van der Waals surface area contributed by atoms with Crippen molar-refractivity contribution in [1.82, 2.24) is 14.3 Å². The maximum absolute atomic E-state index is 6.57. The molecular formula is C34H21N3O. The van der Waals surface area contributed by atoms with E-state index in [1.807, 2.05) is 12.3 Å². The van der Waals surface area contributed by atoms with Gasteiger partial charge in [-0.3, -0.25) is 0 Å². The molecule has 0 N–H and O–H groups in total. The number of nitrogens with zero attached hydrogens (tertiary/aromatic N) is 3. The minimum atomic E-state index is -0.631. The normalized spacial score (nSPS) is 16.7. The zero-order valence-corrected chi connectivity index (χ0v) is 20.4. The van der Waals surface area contributed by atoms with Gasteiger partial charge in [-0.05, 0) is 48.0 Å². The maximum atomic E-state index is 6.57. The summed E-state index contributed by atoms with van der Waals surface area (Å²) in [6.07, 6.45) is 1.90. The van der Waals surface area contributed by atoms with E-state index >= 15 is 0 Å². The third-order valence-electron chi connectivity index (χ3n) is 8.24. The molecule has 0 saturated heterocycles. The molecule has 5 aromatic carbocycles. The highest BCUT2D eigenvalue weighted by atomic mass is 16.5. The number of ether oxygens (including phenoxy) is 1. The first-order valence-electron chi connectivity index (χ1n) is 12.9. The van der Waals surface area contributed by atoms with Gasteiger partial charge >= 0.3 is 0 Å². The molecule has 1 unspecified atom stereocenters. The molecule has 4 heteroatoms. The van der Waals surface area contributed by atoms with Crippen molar-refractivity contribution in [3.05, 3.63) is 144 Å². The lowest BCUT2D eigenvalue weighted by molar-refractivity contribution is 0.382. The van der Waals surface area contributed by atoms with Gasteiger partial charge < -0.3 is 9.30 Å². The average molecular weight is 488 g/mol. The van der Waals surface area contributed by atoms with Gasteiger partial charge in [0.05, 0.1) is 16.7 Å². The largest absolute Gasteiger partial charge is 0.457 e. The quantitative estimate of drug-likeness (QED) is 0.236. The highest BCUT2D eigenvalue weighted by molar-refractivity contribution is 6.09. The van der Waals surface area contributed by atoms with Crippen molar-refractivity contribution in [2.75, 3.05) is 0 Å². The van der Waals surface area contributed by atoms with Crippen LogP contribution in [0.5, 0.6) is 11.5 Å². The van der Waals surface area contributed by atoms with Crippen LogP contribution in [0, 0.1) is 0 Å². The van der Waals surface area contributed by atoms with E-state index in [2.05, 4.69) is 125 Å². The van der Waals surface area contributed by atoms with Gasteiger partial charge in [0.1, 0.15) is 17.0 Å². The predicted octanol–water partition coefficient (Wildman–Crippen LogP) is 7.91. The monoisotopic (exact) mass is 487 g/mol. The fourth-order valence-corrected chi connectivity index (χ4v) is 6.78. The summed E-state index contributed by atoms with van der Waals surface area (Å²) in [6, 6.07) is 43.0. The summed E-state index contributed by atoms with van der Waals surface area (Å²) in [4.78, 5) is 0. The number of aromatic nitrogens is 3. The second-order valence-electron chi connectivity index (χ2n) is 10.0. The molecule has 0 amide bonds. The Bertz CT molecular complexity index is 2030. The van der Waals surface area contributed by atoms with E-state index in [-0.39, 0.29) is 0 Å². The van der Waals surface area contributed by atoms with E-state index in [0.717, 1.165) is 34.0 Å². The minimum Gasteiger partial charge on any atom is -0.457 e. The number of para-hydroxylation sites is 3. The molecular weight excluding hydrogens is 466 g/mol. The molecule has 178 valence electrons. The zero-order chi connectivity index (χ0) is 24.8. The molecule has 2 aromatic heterocycles. The van der Waals surface area contributed by atoms with Gasteiger partial charge in [-0.15, -0.1) is 0 Å². The Kier molecular flexibility index (Phi) is 3.70. The minimum absolute atomic E-state index is 0.631. The molecule has 0 radical (unpaired) electrons. The second-order valence-corrected chi connectivity index (χ2v) is 10.0. The van der Waals surface area contributed by atoms with Crippen LogP contribution in [0.4, 0.5) is 0 Å². The van der Waals surface area contributed by atoms with E-state index in [9.17, 15) is 0 Å². The number of hydrogen-bond acceptors (Lipinski definition) is 2. The standard InChI is InChI=1S/C34H21N3O/c1-4-12-26-25(11-1)31-19-20-35-37(31)34(26)27-13-5-8-16-32(27)38-33-18-17-22(21-28(33)34)36-29-14-6-2-9-23(29)24-10-3-7-15-30(24)36/h1-21H. The molecule has 2 aliphatic heterocycles. The van der Waals surface area contributed by atoms with Crippen LogP contribution in [0.2, 0.25) is 0 Å². The molecule has 4 heterocycles. The lowest BCUT2D eigenvalue weighted by Gasteiger charge is -2.39. The number of rotatable bonds is 1. The molecule has 0 bridgehead atoms. The Morgan fingerprint density at radius 3 is 2.05 bits per heavy atom. The highest BCUT2D eigenvalue weighted by Crippen LogP contribution is 2.58. The maximum Gasteiger partial charge on any atom is 0.146 e. The molecule has 1 spiro atoms. The summed E-state index contributed by atoms with van der Waals surface area (Å²) in [5.41, 5.74) is 8.57. The Hall–Kier alpha value is -5.09. The zero-order valence-electron chi connectivity index (χ0n) is 20.4. The average Bonchev–Trinajstić information content (AvgIpc) is 3.66. The number of hydrogen-bond donors (Lipinski definition) is 0. The second kappa shape index (κ2) is 7.02. The van der Waals surface area contributed by atoms with Crippen molar-refractivity contribution < 1.29 is 4.74 Å². The van der Waals surface area contributed by atoms with Crippen LogP contribution in [0.15, 0.2) is 128 Å². The van der Waals surface area contributed by atoms with E-state index in [4.69, 9.17) is 9.84 Å². The topological polar surface area (TPSA) is 32.0 Å². The number of fused-ring (bicyclic) bond motifs is 12. The van der Waals surface area contributed by atoms with E-state index in [1.54, 1.807) is 0 Å². The molecule has 0 fully saturated rings. The fourth-order valence-electron chi connectivity index (χ4n) is 6.78. The first-order valence-corrected chi connectivity index (χ1v) is 12.9. The van der Waals surface area contributed by atoms with Crippen LogP contribution in [-0.4, -0.2) is 14.3 Å². The van der Waals surface area contributed by atoms with Crippen molar-refractivity contribution in [3.8, 4) is 28.4 Å².